The van der Waals surface area contributed by atoms with Crippen molar-refractivity contribution in [2.45, 2.75) is 36.8 Å². The predicted molar refractivity (Wildman–Crippen MR) is 115 cm³/mol. The SMILES string of the molecule is CCC(c1ccc(S(F)(F)(F)(F)F)cc1)(C(C)O)n1ncc2c(NS(C)(=O)=O)cc(F)cc21. The number of nitrogens with one attached hydrogen (secondary N) is 1. The van der Waals surface area contributed by atoms with Gasteiger partial charge in [-0.05, 0) is 43.2 Å². The van der Waals surface area contributed by atoms with Crippen LogP contribution in [-0.2, 0) is 15.6 Å². The molecule has 0 saturated heterocycles. The molecule has 0 amide bonds. The largest absolute Gasteiger partial charge is 0.391 e. The smallest absolute Gasteiger partial charge is 0.310 e. The first kappa shape index (κ1) is 25.2. The standard InChI is InChI=1S/C19H21F6N3O3S2/c1-4-19(12(2)29,13-5-7-15(8-6-13)33(21,22,23,24)25)28-18-10-14(20)9-17(16(18)11-26-28)27-32(3,30)31/h5-12,27,29H,4H2,1-3H3. The van der Waals surface area contributed by atoms with Crippen molar-refractivity contribution < 1.29 is 37.3 Å². The van der Waals surface area contributed by atoms with Crippen LogP contribution in [0.5, 0.6) is 0 Å². The van der Waals surface area contributed by atoms with E-state index in [0.29, 0.717) is 0 Å². The van der Waals surface area contributed by atoms with Crippen molar-refractivity contribution in [1.82, 2.24) is 9.78 Å². The molecule has 1 heterocycles. The molecule has 3 aromatic rings. The third kappa shape index (κ3) is 4.77. The predicted octanol–water partition coefficient (Wildman–Crippen LogP) is 5.74. The Kier molecular flexibility index (Phi) is 5.36. The van der Waals surface area contributed by atoms with Crippen LogP contribution in [0.4, 0.5) is 29.5 Å². The van der Waals surface area contributed by atoms with E-state index < -0.39 is 42.6 Å². The molecule has 0 saturated carbocycles. The first-order valence-corrected chi connectivity index (χ1v) is 13.3. The molecule has 0 radical (unpaired) electrons. The lowest BCUT2D eigenvalue weighted by Crippen LogP contribution is -2.45. The molecule has 0 bridgehead atoms. The summed E-state index contributed by atoms with van der Waals surface area (Å²) in [5, 5.41) is 15.0. The summed E-state index contributed by atoms with van der Waals surface area (Å²) in [6.45, 7) is 2.90. The Bertz CT molecular complexity index is 1320. The van der Waals surface area contributed by atoms with E-state index in [-0.39, 0.29) is 40.7 Å². The molecule has 0 spiro atoms. The highest BCUT2D eigenvalue weighted by Crippen LogP contribution is 3.02. The van der Waals surface area contributed by atoms with Crippen LogP contribution in [0.3, 0.4) is 0 Å². The molecule has 3 rings (SSSR count). The van der Waals surface area contributed by atoms with Gasteiger partial charge < -0.3 is 5.11 Å². The number of sulfonamides is 1. The number of hydrogen-bond donors (Lipinski definition) is 2. The number of aliphatic hydroxyl groups is 1. The van der Waals surface area contributed by atoms with Gasteiger partial charge in [-0.1, -0.05) is 38.5 Å². The van der Waals surface area contributed by atoms with Crippen LogP contribution >= 0.6 is 10.2 Å². The fourth-order valence-corrected chi connectivity index (χ4v) is 5.10. The van der Waals surface area contributed by atoms with E-state index in [0.717, 1.165) is 35.2 Å². The summed E-state index contributed by atoms with van der Waals surface area (Å²) < 4.78 is 107. The highest BCUT2D eigenvalue weighted by atomic mass is 32.5. The average molecular weight is 518 g/mol. The van der Waals surface area contributed by atoms with Gasteiger partial charge in [0.15, 0.2) is 0 Å². The zero-order chi connectivity index (χ0) is 25.1. The van der Waals surface area contributed by atoms with Crippen LogP contribution in [-0.4, -0.2) is 35.7 Å². The molecule has 2 atom stereocenters. The Morgan fingerprint density at radius 2 is 1.73 bits per heavy atom. The van der Waals surface area contributed by atoms with Gasteiger partial charge in [0.25, 0.3) is 0 Å². The van der Waals surface area contributed by atoms with Gasteiger partial charge >= 0.3 is 10.2 Å². The Morgan fingerprint density at radius 3 is 2.18 bits per heavy atom. The third-order valence-electron chi connectivity index (χ3n) is 5.36. The van der Waals surface area contributed by atoms with Crippen LogP contribution in [0.25, 0.3) is 10.9 Å². The van der Waals surface area contributed by atoms with Gasteiger partial charge in [0, 0.05) is 5.39 Å². The summed E-state index contributed by atoms with van der Waals surface area (Å²) in [6, 6.07) is 4.03. The van der Waals surface area contributed by atoms with Crippen molar-refractivity contribution in [3.05, 3.63) is 54.0 Å². The lowest BCUT2D eigenvalue weighted by atomic mass is 9.82. The van der Waals surface area contributed by atoms with Crippen LogP contribution in [0, 0.1) is 5.82 Å². The second-order valence-corrected chi connectivity index (χ2v) is 11.9. The molecule has 14 heteroatoms. The molecule has 0 aliphatic carbocycles. The number of nitrogens with zero attached hydrogens (tertiary/aromatic N) is 2. The molecule has 0 fully saturated rings. The zero-order valence-electron chi connectivity index (χ0n) is 17.6. The quantitative estimate of drug-likeness (QED) is 0.392. The maximum absolute atomic E-state index is 14.4. The van der Waals surface area contributed by atoms with E-state index in [4.69, 9.17) is 0 Å². The minimum atomic E-state index is -9.92. The van der Waals surface area contributed by atoms with E-state index in [9.17, 15) is 37.3 Å². The number of fused-ring (bicyclic) bond motifs is 1. The summed E-state index contributed by atoms with van der Waals surface area (Å²) in [5.41, 5.74) is -1.68. The molecule has 184 valence electrons. The normalized spacial score (nSPS) is 17.8. The number of hydrogen-bond acceptors (Lipinski definition) is 4. The van der Waals surface area contributed by atoms with Crippen LogP contribution in [0.15, 0.2) is 47.5 Å². The molecule has 2 N–H and O–H groups in total. The topological polar surface area (TPSA) is 84.2 Å². The first-order chi connectivity index (χ1) is 14.8. The van der Waals surface area contributed by atoms with Gasteiger partial charge in [-0.15, -0.1) is 0 Å². The van der Waals surface area contributed by atoms with E-state index >= 15 is 0 Å². The van der Waals surface area contributed by atoms with Gasteiger partial charge in [0.05, 0.1) is 29.8 Å². The molecule has 2 aromatic carbocycles. The number of aromatic nitrogens is 2. The molecule has 0 aliphatic rings. The van der Waals surface area contributed by atoms with Gasteiger partial charge in [0.1, 0.15) is 16.3 Å². The number of benzene rings is 2. The fraction of sp³-hybridized carbons (Fsp3) is 0.316. The second kappa shape index (κ2) is 7.03. The number of anilines is 1. The summed E-state index contributed by atoms with van der Waals surface area (Å²) in [4.78, 5) is -2.09. The van der Waals surface area contributed by atoms with Crippen molar-refractivity contribution in [2.75, 3.05) is 11.0 Å². The number of rotatable bonds is 7. The van der Waals surface area contributed by atoms with Gasteiger partial charge in [0.2, 0.25) is 10.0 Å². The summed E-state index contributed by atoms with van der Waals surface area (Å²) in [6.07, 6.45) is 0.757. The molecule has 33 heavy (non-hydrogen) atoms. The first-order valence-electron chi connectivity index (χ1n) is 9.47. The number of halogens is 6. The van der Waals surface area contributed by atoms with Crippen molar-refractivity contribution in [3.8, 4) is 0 Å². The molecule has 6 nitrogen and oxygen atoms in total. The van der Waals surface area contributed by atoms with Crippen molar-refractivity contribution >= 4 is 36.8 Å². The molecular weight excluding hydrogens is 496 g/mol. The summed E-state index contributed by atoms with van der Waals surface area (Å²) in [5.74, 6) is -0.845. The highest BCUT2D eigenvalue weighted by molar-refractivity contribution is 8.45. The molecule has 0 aliphatic heterocycles. The van der Waals surface area contributed by atoms with Crippen molar-refractivity contribution in [1.29, 1.82) is 0 Å². The van der Waals surface area contributed by atoms with Crippen LogP contribution in [0.2, 0.25) is 0 Å². The fourth-order valence-electron chi connectivity index (χ4n) is 3.88. The Morgan fingerprint density at radius 1 is 1.15 bits per heavy atom. The van der Waals surface area contributed by atoms with E-state index in [2.05, 4.69) is 9.82 Å². The minimum absolute atomic E-state index is 0.0116. The maximum Gasteiger partial charge on any atom is 0.310 e. The van der Waals surface area contributed by atoms with E-state index in [1.807, 2.05) is 0 Å². The maximum atomic E-state index is 14.4. The lowest BCUT2D eigenvalue weighted by molar-refractivity contribution is 0.0668. The van der Waals surface area contributed by atoms with Crippen molar-refractivity contribution in [3.63, 3.8) is 0 Å². The average Bonchev–Trinajstić information content (AvgIpc) is 3.04. The highest BCUT2D eigenvalue weighted by Gasteiger charge is 2.65. The minimum Gasteiger partial charge on any atom is -0.391 e. The monoisotopic (exact) mass is 517 g/mol. The van der Waals surface area contributed by atoms with E-state index in [1.165, 1.54) is 13.1 Å². The van der Waals surface area contributed by atoms with Crippen molar-refractivity contribution in [2.24, 2.45) is 0 Å². The Labute approximate surface area is 186 Å². The second-order valence-electron chi connectivity index (χ2n) is 7.76. The molecular formula is C19H21F6N3O3S2. The summed E-state index contributed by atoms with van der Waals surface area (Å²) in [7, 11) is -13.7. The number of aliphatic hydroxyl groups excluding tert-OH is 1. The third-order valence-corrected chi connectivity index (χ3v) is 7.11. The van der Waals surface area contributed by atoms with Gasteiger partial charge in [-0.3, -0.25) is 9.40 Å². The van der Waals surface area contributed by atoms with Crippen LogP contribution in [0.1, 0.15) is 25.8 Å². The lowest BCUT2D eigenvalue weighted by Gasteiger charge is -2.41. The molecule has 1 aromatic heterocycles. The summed E-state index contributed by atoms with van der Waals surface area (Å²) >= 11 is 0. The van der Waals surface area contributed by atoms with E-state index in [1.54, 1.807) is 6.92 Å². The Balaban J connectivity index is 2.29. The zero-order valence-corrected chi connectivity index (χ0v) is 19.2. The van der Waals surface area contributed by atoms with Gasteiger partial charge in [-0.2, -0.15) is 5.10 Å². The molecule has 2 unspecified atom stereocenters. The Hall–Kier alpha value is -2.45. The van der Waals surface area contributed by atoms with Crippen LogP contribution < -0.4 is 4.72 Å². The van der Waals surface area contributed by atoms with Gasteiger partial charge in [-0.25, -0.2) is 12.8 Å².